The quantitative estimate of drug-likeness (QED) is 0.124. The molecule has 0 unspecified atom stereocenters. The molecule has 6 N–H and O–H groups in total. The molecule has 0 aliphatic carbocycles. The Morgan fingerprint density at radius 2 is 1.91 bits per heavy atom. The molecule has 9 heteroatoms. The molecule has 2 heterocycles. The van der Waals surface area contributed by atoms with Gasteiger partial charge in [0, 0.05) is 34.7 Å². The zero-order chi connectivity index (χ0) is 23.5. The van der Waals surface area contributed by atoms with Crippen molar-refractivity contribution in [3.63, 3.8) is 0 Å². The Balaban J connectivity index is 1.72. The molecular weight excluding hydrogens is 444 g/mol. The molecule has 170 valence electrons. The molecule has 0 aliphatic rings. The van der Waals surface area contributed by atoms with Gasteiger partial charge in [0.1, 0.15) is 11.5 Å². The van der Waals surface area contributed by atoms with Crippen LogP contribution in [0.25, 0.3) is 22.2 Å². The van der Waals surface area contributed by atoms with Gasteiger partial charge in [-0.05, 0) is 35.7 Å². The number of nitrogens with zero attached hydrogens (tertiary/aromatic N) is 1. The lowest BCUT2D eigenvalue weighted by atomic mass is 9.99. The Bertz CT molecular complexity index is 1300. The highest BCUT2D eigenvalue weighted by Crippen LogP contribution is 2.30. The van der Waals surface area contributed by atoms with Crippen LogP contribution in [0.5, 0.6) is 0 Å². The fourth-order valence-corrected chi connectivity index (χ4v) is 4.07. The number of ketones is 1. The van der Waals surface area contributed by atoms with Crippen molar-refractivity contribution in [3.05, 3.63) is 83.2 Å². The van der Waals surface area contributed by atoms with Crippen LogP contribution in [0, 0.1) is 11.6 Å². The van der Waals surface area contributed by atoms with E-state index < -0.39 is 29.1 Å². The number of nitrogens with two attached hydrogens (primary N) is 2. The lowest BCUT2D eigenvalue weighted by Gasteiger charge is -2.10. The zero-order valence-electron chi connectivity index (χ0n) is 17.9. The fourth-order valence-electron chi connectivity index (χ4n) is 3.45. The number of pyridine rings is 1. The third-order valence-electron chi connectivity index (χ3n) is 5.21. The van der Waals surface area contributed by atoms with Gasteiger partial charge in [0.15, 0.2) is 5.82 Å². The fraction of sp³-hybridized carbons (Fsp3) is 0.167. The van der Waals surface area contributed by atoms with Gasteiger partial charge < -0.3 is 21.2 Å². The smallest absolute Gasteiger partial charge is 0.201 e. The Hall–Kier alpha value is -3.27. The maximum atomic E-state index is 15.1. The van der Waals surface area contributed by atoms with Crippen molar-refractivity contribution in [2.24, 2.45) is 11.5 Å². The first kappa shape index (κ1) is 22.9. The third-order valence-corrected chi connectivity index (χ3v) is 6.19. The molecule has 0 spiro atoms. The van der Waals surface area contributed by atoms with Gasteiger partial charge >= 0.3 is 0 Å². The number of H-pyrrole nitrogens is 1. The van der Waals surface area contributed by atoms with E-state index in [-0.39, 0.29) is 11.3 Å². The van der Waals surface area contributed by atoms with Crippen molar-refractivity contribution >= 4 is 34.5 Å². The van der Waals surface area contributed by atoms with Crippen LogP contribution in [0.2, 0.25) is 0 Å². The van der Waals surface area contributed by atoms with Crippen LogP contribution in [0.3, 0.4) is 0 Å². The second-order valence-corrected chi connectivity index (χ2v) is 8.43. The van der Waals surface area contributed by atoms with E-state index in [1.54, 1.807) is 12.3 Å². The highest BCUT2D eigenvalue weighted by molar-refractivity contribution is 8.00. The van der Waals surface area contributed by atoms with E-state index in [0.29, 0.717) is 11.0 Å². The lowest BCUT2D eigenvalue weighted by molar-refractivity contribution is 0.103. The minimum Gasteiger partial charge on any atom is -0.345 e. The molecule has 0 fully saturated rings. The molecule has 4 aromatic rings. The summed E-state index contributed by atoms with van der Waals surface area (Å²) in [7, 11) is 0. The molecule has 2 aromatic heterocycles. The number of aromatic nitrogens is 2. The summed E-state index contributed by atoms with van der Waals surface area (Å²) in [6.07, 6.45) is 3.38. The first-order chi connectivity index (χ1) is 15.9. The van der Waals surface area contributed by atoms with Crippen molar-refractivity contribution < 1.29 is 13.6 Å². The predicted molar refractivity (Wildman–Crippen MR) is 129 cm³/mol. The summed E-state index contributed by atoms with van der Waals surface area (Å²) >= 11 is 1.29. The normalized spacial score (nSPS) is 11.3. The minimum atomic E-state index is -0.921. The summed E-state index contributed by atoms with van der Waals surface area (Å²) in [5, 5.41) is 0.467. The Kier molecular flexibility index (Phi) is 6.73. The number of carbonyl (C=O) groups is 1. The molecule has 0 saturated heterocycles. The third kappa shape index (κ3) is 4.61. The standard InChI is InChI=1S/C24H23F2N5OS/c1-2-9-33-31-19-8-7-18(25)20(21(19)26)22(32)17-12-30-24-16(17)10-15(11-29-24)13-3-5-14(6-4-13)23(27)28/h3-8,10-12,23,31H,2,9,27-28H2,1H3,(H,29,30). The van der Waals surface area contributed by atoms with E-state index >= 15 is 4.39 Å². The predicted octanol–water partition coefficient (Wildman–Crippen LogP) is 5.13. The van der Waals surface area contributed by atoms with E-state index in [4.69, 9.17) is 11.5 Å². The monoisotopic (exact) mass is 467 g/mol. The van der Waals surface area contributed by atoms with Gasteiger partial charge in [0.05, 0.1) is 17.4 Å². The van der Waals surface area contributed by atoms with Gasteiger partial charge in [-0.15, -0.1) is 0 Å². The molecule has 4 rings (SSSR count). The SMILES string of the molecule is CCCSNc1ccc(F)c(C(=O)c2c[nH]c3ncc(-c4ccc(C(N)N)cc4)cc23)c1F. The number of nitrogens with one attached hydrogen (secondary N) is 2. The van der Waals surface area contributed by atoms with Crippen molar-refractivity contribution in [2.45, 2.75) is 19.5 Å². The Morgan fingerprint density at radius 1 is 1.15 bits per heavy atom. The molecule has 6 nitrogen and oxygen atoms in total. The van der Waals surface area contributed by atoms with Crippen LogP contribution < -0.4 is 16.2 Å². The van der Waals surface area contributed by atoms with Crippen molar-refractivity contribution in [2.75, 3.05) is 10.5 Å². The van der Waals surface area contributed by atoms with Crippen LogP contribution in [-0.4, -0.2) is 21.5 Å². The summed E-state index contributed by atoms with van der Waals surface area (Å²) < 4.78 is 32.5. The number of aromatic amines is 1. The largest absolute Gasteiger partial charge is 0.345 e. The molecule has 0 atom stereocenters. The lowest BCUT2D eigenvalue weighted by Crippen LogP contribution is -2.19. The summed E-state index contributed by atoms with van der Waals surface area (Å²) in [4.78, 5) is 20.5. The molecule has 0 saturated carbocycles. The van der Waals surface area contributed by atoms with E-state index in [1.807, 2.05) is 31.2 Å². The average Bonchev–Trinajstić information content (AvgIpc) is 3.24. The van der Waals surface area contributed by atoms with Crippen LogP contribution >= 0.6 is 11.9 Å². The van der Waals surface area contributed by atoms with Gasteiger partial charge in [-0.1, -0.05) is 43.1 Å². The van der Waals surface area contributed by atoms with Crippen molar-refractivity contribution in [1.82, 2.24) is 9.97 Å². The molecule has 0 bridgehead atoms. The van der Waals surface area contributed by atoms with Gasteiger partial charge in [-0.2, -0.15) is 0 Å². The van der Waals surface area contributed by atoms with Crippen LogP contribution in [0.1, 0.15) is 41.0 Å². The maximum Gasteiger partial charge on any atom is 0.201 e. The summed E-state index contributed by atoms with van der Waals surface area (Å²) in [6, 6.07) is 11.5. The topological polar surface area (TPSA) is 110 Å². The maximum absolute atomic E-state index is 15.1. The second kappa shape index (κ2) is 9.70. The number of rotatable bonds is 8. The van der Waals surface area contributed by atoms with Crippen molar-refractivity contribution in [3.8, 4) is 11.1 Å². The number of fused-ring (bicyclic) bond motifs is 1. The number of hydrogen-bond donors (Lipinski definition) is 4. The van der Waals surface area contributed by atoms with E-state index in [0.717, 1.165) is 34.9 Å². The van der Waals surface area contributed by atoms with Gasteiger partial charge in [0.25, 0.3) is 0 Å². The highest BCUT2D eigenvalue weighted by atomic mass is 32.2. The number of benzene rings is 2. The van der Waals surface area contributed by atoms with Gasteiger partial charge in [-0.25, -0.2) is 13.8 Å². The number of halogens is 2. The minimum absolute atomic E-state index is 0.0649. The second-order valence-electron chi connectivity index (χ2n) is 7.53. The molecule has 0 aliphatic heterocycles. The van der Waals surface area contributed by atoms with Crippen LogP contribution in [0.4, 0.5) is 14.5 Å². The van der Waals surface area contributed by atoms with Crippen molar-refractivity contribution in [1.29, 1.82) is 0 Å². The summed E-state index contributed by atoms with van der Waals surface area (Å²) in [6.45, 7) is 1.99. The van der Waals surface area contributed by atoms with Crippen LogP contribution in [0.15, 0.2) is 54.9 Å². The number of hydrogen-bond acceptors (Lipinski definition) is 6. The highest BCUT2D eigenvalue weighted by Gasteiger charge is 2.24. The van der Waals surface area contributed by atoms with E-state index in [2.05, 4.69) is 14.7 Å². The Morgan fingerprint density at radius 3 is 2.61 bits per heavy atom. The average molecular weight is 468 g/mol. The Labute approximate surface area is 193 Å². The molecule has 2 aromatic carbocycles. The van der Waals surface area contributed by atoms with E-state index in [9.17, 15) is 9.18 Å². The van der Waals surface area contributed by atoms with Crippen LogP contribution in [-0.2, 0) is 0 Å². The zero-order valence-corrected chi connectivity index (χ0v) is 18.7. The molecule has 0 radical (unpaired) electrons. The number of carbonyl (C=O) groups excluding carboxylic acids is 1. The first-order valence-electron chi connectivity index (χ1n) is 10.4. The molecule has 0 amide bonds. The summed E-state index contributed by atoms with van der Waals surface area (Å²) in [5.74, 6) is -1.86. The first-order valence-corrected chi connectivity index (χ1v) is 11.4. The molecular formula is C24H23F2N5OS. The molecule has 33 heavy (non-hydrogen) atoms. The van der Waals surface area contributed by atoms with Gasteiger partial charge in [-0.3, -0.25) is 4.79 Å². The summed E-state index contributed by atoms with van der Waals surface area (Å²) in [5.41, 5.74) is 13.8. The van der Waals surface area contributed by atoms with Gasteiger partial charge in [0.2, 0.25) is 5.78 Å². The van der Waals surface area contributed by atoms with E-state index in [1.165, 1.54) is 24.2 Å². The number of anilines is 1.